The van der Waals surface area contributed by atoms with Gasteiger partial charge in [-0.25, -0.2) is 0 Å². The maximum atomic E-state index is 2.37. The highest BCUT2D eigenvalue weighted by Crippen LogP contribution is 2.49. The van der Waals surface area contributed by atoms with Gasteiger partial charge >= 0.3 is 0 Å². The van der Waals surface area contributed by atoms with Crippen LogP contribution in [-0.4, -0.2) is 4.57 Å². The van der Waals surface area contributed by atoms with Gasteiger partial charge in [-0.15, -0.1) is 0 Å². The van der Waals surface area contributed by atoms with Gasteiger partial charge in [-0.2, -0.15) is 0 Å². The minimum absolute atomic E-state index is 1.13. The average Bonchev–Trinajstić information content (AvgIpc) is 3.66. The Morgan fingerprint density at radius 3 is 1.56 bits per heavy atom. The van der Waals surface area contributed by atoms with E-state index in [0.717, 1.165) is 22.7 Å². The Morgan fingerprint density at radius 2 is 0.896 bits per heavy atom. The van der Waals surface area contributed by atoms with Gasteiger partial charge in [-0.3, -0.25) is 0 Å². The Hall–Kier alpha value is -6.38. The number of para-hydroxylation sites is 3. The van der Waals surface area contributed by atoms with E-state index >= 15 is 0 Å². The first kappa shape index (κ1) is 26.8. The Labute approximate surface area is 279 Å². The molecular weight excluding hydrogens is 581 g/mol. The van der Waals surface area contributed by atoms with Crippen LogP contribution in [0.1, 0.15) is 0 Å². The third-order valence-electron chi connectivity index (χ3n) is 9.93. The second-order valence-corrected chi connectivity index (χ2v) is 12.6. The lowest BCUT2D eigenvalue weighted by Gasteiger charge is -2.26. The zero-order valence-corrected chi connectivity index (χ0v) is 26.2. The van der Waals surface area contributed by atoms with Crippen LogP contribution in [0, 0.1) is 0 Å². The minimum atomic E-state index is 1.13. The van der Waals surface area contributed by atoms with Crippen molar-refractivity contribution in [3.63, 3.8) is 0 Å². The maximum Gasteiger partial charge on any atom is 0.0541 e. The smallest absolute Gasteiger partial charge is 0.0541 e. The van der Waals surface area contributed by atoms with Crippen molar-refractivity contribution >= 4 is 49.6 Å². The molecule has 8 aromatic carbocycles. The van der Waals surface area contributed by atoms with E-state index in [-0.39, 0.29) is 0 Å². The molecule has 0 saturated carbocycles. The summed E-state index contributed by atoms with van der Waals surface area (Å²) in [6.07, 6.45) is 0. The standard InChI is InChI=1S/C46H30N2/c1-2-12-34(13-3-1)47(37-28-29-38-41-16-8-10-33-11-9-17-42(46(33)41)43(38)30-37)35-24-20-31(21-25-35)32-22-26-36(27-23-32)48-44-18-6-4-14-39(44)40-15-5-7-19-45(40)48/h1-30H. The Bertz CT molecular complexity index is 2590. The second kappa shape index (κ2) is 10.6. The Morgan fingerprint density at radius 1 is 0.354 bits per heavy atom. The summed E-state index contributed by atoms with van der Waals surface area (Å²) in [6, 6.07) is 66.1. The molecule has 0 fully saturated rings. The molecule has 2 heteroatoms. The first-order valence-electron chi connectivity index (χ1n) is 16.5. The van der Waals surface area contributed by atoms with Crippen molar-refractivity contribution in [3.05, 3.63) is 182 Å². The van der Waals surface area contributed by atoms with Gasteiger partial charge in [0.1, 0.15) is 0 Å². The predicted octanol–water partition coefficient (Wildman–Crippen LogP) is 12.7. The number of aromatic nitrogens is 1. The first-order valence-corrected chi connectivity index (χ1v) is 16.5. The van der Waals surface area contributed by atoms with E-state index in [2.05, 4.69) is 191 Å². The van der Waals surface area contributed by atoms with Gasteiger partial charge in [0.15, 0.2) is 0 Å². The fourth-order valence-corrected chi connectivity index (χ4v) is 7.75. The van der Waals surface area contributed by atoms with Gasteiger partial charge in [0.05, 0.1) is 11.0 Å². The van der Waals surface area contributed by atoms with E-state index in [9.17, 15) is 0 Å². The lowest BCUT2D eigenvalue weighted by atomic mass is 10.0. The Balaban J connectivity index is 1.02. The zero-order chi connectivity index (χ0) is 31.6. The molecule has 0 amide bonds. The molecule has 9 aromatic rings. The van der Waals surface area contributed by atoms with Gasteiger partial charge in [0.25, 0.3) is 0 Å². The van der Waals surface area contributed by atoms with Crippen LogP contribution in [0.3, 0.4) is 0 Å². The van der Waals surface area contributed by atoms with Crippen LogP contribution in [0.15, 0.2) is 182 Å². The molecular formula is C46H30N2. The summed E-state index contributed by atoms with van der Waals surface area (Å²) in [5, 5.41) is 5.20. The molecule has 0 unspecified atom stereocenters. The molecule has 0 radical (unpaired) electrons. The van der Waals surface area contributed by atoms with Crippen molar-refractivity contribution in [2.75, 3.05) is 4.90 Å². The van der Waals surface area contributed by atoms with E-state index in [1.807, 2.05) is 0 Å². The average molecular weight is 611 g/mol. The quantitative estimate of drug-likeness (QED) is 0.188. The molecule has 224 valence electrons. The van der Waals surface area contributed by atoms with Crippen LogP contribution in [-0.2, 0) is 0 Å². The van der Waals surface area contributed by atoms with Crippen molar-refractivity contribution in [1.29, 1.82) is 0 Å². The molecule has 0 aliphatic heterocycles. The first-order chi connectivity index (χ1) is 23.8. The zero-order valence-electron chi connectivity index (χ0n) is 26.2. The molecule has 1 heterocycles. The number of benzene rings is 8. The molecule has 0 N–H and O–H groups in total. The van der Waals surface area contributed by atoms with Crippen molar-refractivity contribution < 1.29 is 0 Å². The number of hydrogen-bond donors (Lipinski definition) is 0. The fourth-order valence-electron chi connectivity index (χ4n) is 7.75. The molecule has 1 aliphatic carbocycles. The van der Waals surface area contributed by atoms with Crippen LogP contribution in [0.25, 0.3) is 71.6 Å². The predicted molar refractivity (Wildman–Crippen MR) is 203 cm³/mol. The summed E-state index contributed by atoms with van der Waals surface area (Å²) in [6.45, 7) is 0. The number of fused-ring (bicyclic) bond motifs is 6. The minimum Gasteiger partial charge on any atom is -0.310 e. The second-order valence-electron chi connectivity index (χ2n) is 12.6. The number of nitrogens with zero attached hydrogens (tertiary/aromatic N) is 2. The summed E-state index contributed by atoms with van der Waals surface area (Å²) >= 11 is 0. The summed E-state index contributed by atoms with van der Waals surface area (Å²) in [4.78, 5) is 2.36. The number of hydrogen-bond acceptors (Lipinski definition) is 1. The van der Waals surface area contributed by atoms with Gasteiger partial charge in [-0.1, -0.05) is 121 Å². The van der Waals surface area contributed by atoms with Gasteiger partial charge in [-0.05, 0) is 105 Å². The van der Waals surface area contributed by atoms with Gasteiger partial charge in [0, 0.05) is 33.5 Å². The van der Waals surface area contributed by atoms with Crippen molar-refractivity contribution in [1.82, 2.24) is 4.57 Å². The van der Waals surface area contributed by atoms with Crippen molar-refractivity contribution in [2.24, 2.45) is 0 Å². The van der Waals surface area contributed by atoms with Gasteiger partial charge in [0.2, 0.25) is 0 Å². The molecule has 1 aliphatic rings. The molecule has 2 nitrogen and oxygen atoms in total. The third kappa shape index (κ3) is 4.06. The van der Waals surface area contributed by atoms with Crippen LogP contribution < -0.4 is 4.90 Å². The van der Waals surface area contributed by atoms with E-state index in [0.29, 0.717) is 0 Å². The summed E-state index contributed by atoms with van der Waals surface area (Å²) in [5.41, 5.74) is 14.6. The topological polar surface area (TPSA) is 8.17 Å². The van der Waals surface area contributed by atoms with Crippen molar-refractivity contribution in [3.8, 4) is 39.1 Å². The van der Waals surface area contributed by atoms with Crippen LogP contribution in [0.2, 0.25) is 0 Å². The van der Waals surface area contributed by atoms with E-state index in [1.165, 1.54) is 66.0 Å². The molecule has 1 aromatic heterocycles. The third-order valence-corrected chi connectivity index (χ3v) is 9.93. The largest absolute Gasteiger partial charge is 0.310 e. The lowest BCUT2D eigenvalue weighted by Crippen LogP contribution is -2.09. The molecule has 0 saturated heterocycles. The molecule has 0 spiro atoms. The van der Waals surface area contributed by atoms with E-state index < -0.39 is 0 Å². The maximum absolute atomic E-state index is 2.37. The monoisotopic (exact) mass is 610 g/mol. The highest BCUT2D eigenvalue weighted by atomic mass is 15.1. The fraction of sp³-hybridized carbons (Fsp3) is 0. The Kier molecular flexibility index (Phi) is 5.91. The van der Waals surface area contributed by atoms with Crippen LogP contribution in [0.4, 0.5) is 17.1 Å². The highest BCUT2D eigenvalue weighted by Gasteiger charge is 2.23. The molecule has 48 heavy (non-hydrogen) atoms. The van der Waals surface area contributed by atoms with E-state index in [1.54, 1.807) is 0 Å². The van der Waals surface area contributed by atoms with Crippen molar-refractivity contribution in [2.45, 2.75) is 0 Å². The highest BCUT2D eigenvalue weighted by molar-refractivity contribution is 6.15. The van der Waals surface area contributed by atoms with Gasteiger partial charge < -0.3 is 9.47 Å². The number of rotatable bonds is 5. The van der Waals surface area contributed by atoms with E-state index in [4.69, 9.17) is 0 Å². The summed E-state index contributed by atoms with van der Waals surface area (Å²) < 4.78 is 2.37. The van der Waals surface area contributed by atoms with Crippen LogP contribution in [0.5, 0.6) is 0 Å². The summed E-state index contributed by atoms with van der Waals surface area (Å²) in [7, 11) is 0. The summed E-state index contributed by atoms with van der Waals surface area (Å²) in [5.74, 6) is 0. The molecule has 10 rings (SSSR count). The number of anilines is 3. The SMILES string of the molecule is c1ccc(N(c2ccc(-c3ccc(-n4c5ccccc5c5ccccc54)cc3)cc2)c2ccc3c(c2)-c2cccc4cccc-3c24)cc1. The lowest BCUT2D eigenvalue weighted by molar-refractivity contribution is 1.18. The molecule has 0 bridgehead atoms. The molecule has 0 atom stereocenters. The van der Waals surface area contributed by atoms with Crippen LogP contribution >= 0.6 is 0 Å². The normalized spacial score (nSPS) is 11.8.